The van der Waals surface area contributed by atoms with Gasteiger partial charge in [-0.05, 0) is 27.7 Å². The lowest BCUT2D eigenvalue weighted by Crippen LogP contribution is -2.41. The fraction of sp³-hybridized carbons (Fsp3) is 0.778. The maximum Gasteiger partial charge on any atom is 0.0869 e. The molecule has 0 saturated heterocycles. The first kappa shape index (κ1) is 10.7. The summed E-state index contributed by atoms with van der Waals surface area (Å²) in [6.45, 7) is 12.3. The molecule has 11 heavy (non-hydrogen) atoms. The van der Waals surface area contributed by atoms with Gasteiger partial charge in [0.15, 0.2) is 0 Å². The lowest BCUT2D eigenvalue weighted by atomic mass is 10.1. The standard InChI is InChI=1S/C9H19NO/c1-7(2)8(11)6-10-9(3,4)5/h8,10-11H,1,6H2,2-5H3. The van der Waals surface area contributed by atoms with Crippen molar-refractivity contribution in [3.63, 3.8) is 0 Å². The van der Waals surface area contributed by atoms with E-state index in [4.69, 9.17) is 0 Å². The van der Waals surface area contributed by atoms with Crippen LogP contribution >= 0.6 is 0 Å². The molecule has 2 heteroatoms. The van der Waals surface area contributed by atoms with Crippen LogP contribution in [0.3, 0.4) is 0 Å². The Morgan fingerprint density at radius 1 is 1.55 bits per heavy atom. The summed E-state index contributed by atoms with van der Waals surface area (Å²) in [4.78, 5) is 0. The average molecular weight is 157 g/mol. The number of aliphatic hydroxyl groups is 1. The molecule has 0 heterocycles. The van der Waals surface area contributed by atoms with E-state index in [0.29, 0.717) is 6.54 Å². The number of nitrogens with one attached hydrogen (secondary N) is 1. The van der Waals surface area contributed by atoms with Crippen LogP contribution in [-0.4, -0.2) is 23.3 Å². The van der Waals surface area contributed by atoms with Crippen LogP contribution in [-0.2, 0) is 0 Å². The molecule has 1 atom stereocenters. The molecule has 0 fully saturated rings. The van der Waals surface area contributed by atoms with Crippen molar-refractivity contribution in [1.82, 2.24) is 5.32 Å². The largest absolute Gasteiger partial charge is 0.387 e. The first-order valence-corrected chi connectivity index (χ1v) is 3.91. The molecule has 0 aromatic heterocycles. The third kappa shape index (κ3) is 6.07. The predicted molar refractivity (Wildman–Crippen MR) is 48.6 cm³/mol. The second kappa shape index (κ2) is 3.88. The minimum Gasteiger partial charge on any atom is -0.387 e. The van der Waals surface area contributed by atoms with E-state index in [1.54, 1.807) is 0 Å². The van der Waals surface area contributed by atoms with E-state index in [0.717, 1.165) is 5.57 Å². The molecule has 0 aromatic rings. The Morgan fingerprint density at radius 2 is 2.00 bits per heavy atom. The molecule has 0 aliphatic rings. The predicted octanol–water partition coefficient (Wildman–Crippen LogP) is 1.31. The summed E-state index contributed by atoms with van der Waals surface area (Å²) in [7, 11) is 0. The van der Waals surface area contributed by atoms with Gasteiger partial charge in [-0.2, -0.15) is 0 Å². The van der Waals surface area contributed by atoms with Crippen LogP contribution in [0.25, 0.3) is 0 Å². The van der Waals surface area contributed by atoms with Gasteiger partial charge in [0.1, 0.15) is 0 Å². The molecular formula is C9H19NO. The summed E-state index contributed by atoms with van der Waals surface area (Å²) in [5.41, 5.74) is 0.873. The highest BCUT2D eigenvalue weighted by Gasteiger charge is 2.11. The van der Waals surface area contributed by atoms with Crippen molar-refractivity contribution < 1.29 is 5.11 Å². The second-order valence-electron chi connectivity index (χ2n) is 3.99. The molecule has 66 valence electrons. The number of hydrogen-bond acceptors (Lipinski definition) is 2. The highest BCUT2D eigenvalue weighted by atomic mass is 16.3. The van der Waals surface area contributed by atoms with E-state index in [2.05, 4.69) is 32.7 Å². The molecule has 2 N–H and O–H groups in total. The molecule has 0 saturated carbocycles. The zero-order valence-electron chi connectivity index (χ0n) is 7.94. The van der Waals surface area contributed by atoms with Crippen molar-refractivity contribution in [3.05, 3.63) is 12.2 Å². The molecule has 1 unspecified atom stereocenters. The van der Waals surface area contributed by atoms with Gasteiger partial charge in [0, 0.05) is 12.1 Å². The van der Waals surface area contributed by atoms with Crippen LogP contribution in [0.2, 0.25) is 0 Å². The van der Waals surface area contributed by atoms with Crippen LogP contribution in [0.1, 0.15) is 27.7 Å². The highest BCUT2D eigenvalue weighted by Crippen LogP contribution is 2.01. The summed E-state index contributed by atoms with van der Waals surface area (Å²) in [5.74, 6) is 0. The SMILES string of the molecule is C=C(C)C(O)CNC(C)(C)C. The first-order valence-electron chi connectivity index (χ1n) is 3.91. The molecule has 0 rings (SSSR count). The average Bonchev–Trinajstić information content (AvgIpc) is 1.80. The molecule has 0 spiro atoms. The maximum absolute atomic E-state index is 9.33. The Kier molecular flexibility index (Phi) is 3.76. The zero-order chi connectivity index (χ0) is 9.07. The minimum atomic E-state index is -0.422. The third-order valence-electron chi connectivity index (χ3n) is 1.39. The van der Waals surface area contributed by atoms with E-state index >= 15 is 0 Å². The van der Waals surface area contributed by atoms with Gasteiger partial charge in [0.25, 0.3) is 0 Å². The lowest BCUT2D eigenvalue weighted by Gasteiger charge is -2.22. The van der Waals surface area contributed by atoms with Crippen molar-refractivity contribution in [2.45, 2.75) is 39.3 Å². The molecule has 0 amide bonds. The first-order chi connectivity index (χ1) is 4.83. The van der Waals surface area contributed by atoms with E-state index < -0.39 is 6.10 Å². The summed E-state index contributed by atoms with van der Waals surface area (Å²) in [5, 5.41) is 12.5. The van der Waals surface area contributed by atoms with E-state index in [1.807, 2.05) is 6.92 Å². The van der Waals surface area contributed by atoms with Crippen LogP contribution in [0.15, 0.2) is 12.2 Å². The van der Waals surface area contributed by atoms with E-state index in [-0.39, 0.29) is 5.54 Å². The third-order valence-corrected chi connectivity index (χ3v) is 1.39. The molecule has 0 aliphatic heterocycles. The Hall–Kier alpha value is -0.340. The van der Waals surface area contributed by atoms with Gasteiger partial charge in [0.2, 0.25) is 0 Å². The monoisotopic (exact) mass is 157 g/mol. The van der Waals surface area contributed by atoms with E-state index in [9.17, 15) is 5.11 Å². The maximum atomic E-state index is 9.33. The molecule has 0 aromatic carbocycles. The highest BCUT2D eigenvalue weighted by molar-refractivity contribution is 4.98. The Morgan fingerprint density at radius 3 is 2.27 bits per heavy atom. The summed E-state index contributed by atoms with van der Waals surface area (Å²) in [6.07, 6.45) is -0.422. The van der Waals surface area contributed by atoms with Gasteiger partial charge in [-0.1, -0.05) is 12.2 Å². The molecule has 0 aliphatic carbocycles. The number of aliphatic hydroxyl groups excluding tert-OH is 1. The van der Waals surface area contributed by atoms with Crippen molar-refractivity contribution in [2.75, 3.05) is 6.54 Å². The Labute approximate surface area is 69.3 Å². The smallest absolute Gasteiger partial charge is 0.0869 e. The fourth-order valence-corrected chi connectivity index (χ4v) is 0.577. The number of hydrogen-bond donors (Lipinski definition) is 2. The van der Waals surface area contributed by atoms with Crippen LogP contribution < -0.4 is 5.32 Å². The van der Waals surface area contributed by atoms with Crippen LogP contribution in [0, 0.1) is 0 Å². The second-order valence-corrected chi connectivity index (χ2v) is 3.99. The van der Waals surface area contributed by atoms with Gasteiger partial charge >= 0.3 is 0 Å². The van der Waals surface area contributed by atoms with Gasteiger partial charge < -0.3 is 10.4 Å². The normalized spacial score (nSPS) is 14.6. The van der Waals surface area contributed by atoms with Crippen LogP contribution in [0.4, 0.5) is 0 Å². The van der Waals surface area contributed by atoms with Crippen molar-refractivity contribution in [3.8, 4) is 0 Å². The van der Waals surface area contributed by atoms with E-state index in [1.165, 1.54) is 0 Å². The molecule has 0 radical (unpaired) electrons. The quantitative estimate of drug-likeness (QED) is 0.605. The van der Waals surface area contributed by atoms with Crippen LogP contribution in [0.5, 0.6) is 0 Å². The zero-order valence-corrected chi connectivity index (χ0v) is 7.94. The summed E-state index contributed by atoms with van der Waals surface area (Å²) < 4.78 is 0. The van der Waals surface area contributed by atoms with Crippen molar-refractivity contribution >= 4 is 0 Å². The van der Waals surface area contributed by atoms with Gasteiger partial charge in [-0.15, -0.1) is 0 Å². The number of β-amino-alcohol motifs (C(OH)–C–C–N with tert-alkyl or cyclic N) is 1. The van der Waals surface area contributed by atoms with Crippen molar-refractivity contribution in [1.29, 1.82) is 0 Å². The number of rotatable bonds is 3. The topological polar surface area (TPSA) is 32.3 Å². The lowest BCUT2D eigenvalue weighted by molar-refractivity contribution is 0.194. The summed E-state index contributed by atoms with van der Waals surface area (Å²) >= 11 is 0. The molecular weight excluding hydrogens is 138 g/mol. The Bertz CT molecular complexity index is 135. The minimum absolute atomic E-state index is 0.0659. The van der Waals surface area contributed by atoms with Gasteiger partial charge in [-0.3, -0.25) is 0 Å². The van der Waals surface area contributed by atoms with Gasteiger partial charge in [0.05, 0.1) is 6.10 Å². The van der Waals surface area contributed by atoms with Gasteiger partial charge in [-0.25, -0.2) is 0 Å². The Balaban J connectivity index is 3.63. The molecule has 0 bridgehead atoms. The summed E-state index contributed by atoms with van der Waals surface area (Å²) in [6, 6.07) is 0. The fourth-order valence-electron chi connectivity index (χ4n) is 0.577. The van der Waals surface area contributed by atoms with Crippen molar-refractivity contribution in [2.24, 2.45) is 0 Å². The molecule has 2 nitrogen and oxygen atoms in total.